The number of fused-ring (bicyclic) bond motifs is 1. The molecule has 1 aliphatic heterocycles. The zero-order valence-electron chi connectivity index (χ0n) is 20.2. The van der Waals surface area contributed by atoms with Gasteiger partial charge < -0.3 is 14.9 Å². The minimum absolute atomic E-state index is 0.128. The largest absolute Gasteiger partial charge is 0.465 e. The van der Waals surface area contributed by atoms with E-state index in [2.05, 4.69) is 41.9 Å². The van der Waals surface area contributed by atoms with E-state index >= 15 is 0 Å². The lowest BCUT2D eigenvalue weighted by Crippen LogP contribution is -2.59. The van der Waals surface area contributed by atoms with Crippen LogP contribution < -0.4 is 4.90 Å². The molecule has 1 saturated heterocycles. The number of nitrogens with zero attached hydrogens (tertiary/aromatic N) is 7. The van der Waals surface area contributed by atoms with E-state index in [0.29, 0.717) is 24.7 Å². The Morgan fingerprint density at radius 2 is 1.86 bits per heavy atom. The van der Waals surface area contributed by atoms with E-state index in [1.54, 1.807) is 20.3 Å². The number of aromatic nitrogens is 5. The summed E-state index contributed by atoms with van der Waals surface area (Å²) in [7, 11) is 1.89. The lowest BCUT2D eigenvalue weighted by molar-refractivity contribution is 0.0747. The van der Waals surface area contributed by atoms with Crippen LogP contribution in [0, 0.1) is 5.41 Å². The molecule has 0 spiro atoms. The van der Waals surface area contributed by atoms with E-state index in [0.717, 1.165) is 33.6 Å². The summed E-state index contributed by atoms with van der Waals surface area (Å²) < 4.78 is 3.55. The first-order valence-electron chi connectivity index (χ1n) is 11.5. The van der Waals surface area contributed by atoms with Crippen LogP contribution in [-0.4, -0.2) is 66.2 Å². The molecule has 1 atom stereocenters. The van der Waals surface area contributed by atoms with E-state index in [1.807, 2.05) is 44.0 Å². The summed E-state index contributed by atoms with van der Waals surface area (Å²) in [6.45, 7) is 7.86. The molecule has 0 bridgehead atoms. The fourth-order valence-corrected chi connectivity index (χ4v) is 4.96. The van der Waals surface area contributed by atoms with Crippen molar-refractivity contribution in [2.24, 2.45) is 12.5 Å². The van der Waals surface area contributed by atoms with Crippen molar-refractivity contribution in [1.29, 1.82) is 0 Å². The molecule has 35 heavy (non-hydrogen) atoms. The molecule has 182 valence electrons. The molecule has 1 fully saturated rings. The summed E-state index contributed by atoms with van der Waals surface area (Å²) in [6.07, 6.45) is 8.33. The Bertz CT molecular complexity index is 1390. The number of carboxylic acid groups (broad SMARTS) is 1. The van der Waals surface area contributed by atoms with Crippen LogP contribution in [0.4, 0.5) is 10.6 Å². The molecule has 0 aliphatic carbocycles. The Labute approximate surface area is 208 Å². The molecule has 1 amide bonds. The molecule has 9 nitrogen and oxygen atoms in total. The van der Waals surface area contributed by atoms with Gasteiger partial charge in [-0.15, -0.1) is 0 Å². The Hall–Kier alpha value is -3.59. The summed E-state index contributed by atoms with van der Waals surface area (Å²) in [5, 5.41) is 18.9. The number of hydrogen-bond acceptors (Lipinski definition) is 5. The van der Waals surface area contributed by atoms with Gasteiger partial charge in [0, 0.05) is 67.5 Å². The van der Waals surface area contributed by atoms with Crippen molar-refractivity contribution in [3.05, 3.63) is 54.2 Å². The van der Waals surface area contributed by atoms with Crippen LogP contribution in [0.25, 0.3) is 27.8 Å². The van der Waals surface area contributed by atoms with Crippen molar-refractivity contribution in [2.75, 3.05) is 24.5 Å². The molecular formula is C25H28ClN7O2. The van der Waals surface area contributed by atoms with Gasteiger partial charge in [0.1, 0.15) is 5.82 Å². The number of aryl methyl sites for hydroxylation is 1. The zero-order chi connectivity index (χ0) is 24.9. The lowest BCUT2D eigenvalue weighted by atomic mass is 9.84. The van der Waals surface area contributed by atoms with Gasteiger partial charge in [-0.2, -0.15) is 10.2 Å². The van der Waals surface area contributed by atoms with E-state index in [1.165, 1.54) is 0 Å². The van der Waals surface area contributed by atoms with E-state index < -0.39 is 6.09 Å². The maximum Gasteiger partial charge on any atom is 0.407 e. The third-order valence-corrected chi connectivity index (χ3v) is 6.89. The minimum atomic E-state index is -0.872. The van der Waals surface area contributed by atoms with Crippen LogP contribution >= 0.6 is 11.6 Å². The highest BCUT2D eigenvalue weighted by Crippen LogP contribution is 2.35. The Balaban J connectivity index is 1.49. The van der Waals surface area contributed by atoms with Crippen molar-refractivity contribution >= 4 is 29.0 Å². The number of piperazine rings is 1. The van der Waals surface area contributed by atoms with E-state index in [4.69, 9.17) is 16.6 Å². The number of carbonyl (C=O) groups is 1. The second-order valence-electron chi connectivity index (χ2n) is 10.0. The van der Waals surface area contributed by atoms with Gasteiger partial charge in [0.25, 0.3) is 0 Å². The maximum absolute atomic E-state index is 11.8. The molecular weight excluding hydrogens is 466 g/mol. The molecule has 1 aliphatic rings. The maximum atomic E-state index is 11.8. The van der Waals surface area contributed by atoms with Crippen molar-refractivity contribution in [2.45, 2.75) is 26.8 Å². The van der Waals surface area contributed by atoms with Crippen LogP contribution in [0.15, 0.2) is 49.2 Å². The summed E-state index contributed by atoms with van der Waals surface area (Å²) >= 11 is 6.50. The number of anilines is 1. The van der Waals surface area contributed by atoms with Gasteiger partial charge in [-0.25, -0.2) is 14.3 Å². The van der Waals surface area contributed by atoms with Crippen molar-refractivity contribution < 1.29 is 9.90 Å². The van der Waals surface area contributed by atoms with Gasteiger partial charge in [-0.3, -0.25) is 4.68 Å². The van der Waals surface area contributed by atoms with Crippen LogP contribution in [0.1, 0.15) is 20.8 Å². The molecule has 1 N–H and O–H groups in total. The van der Waals surface area contributed by atoms with Gasteiger partial charge in [-0.05, 0) is 23.6 Å². The number of rotatable bonds is 3. The second-order valence-corrected chi connectivity index (χ2v) is 10.4. The third kappa shape index (κ3) is 4.32. The zero-order valence-corrected chi connectivity index (χ0v) is 20.9. The Morgan fingerprint density at radius 3 is 2.49 bits per heavy atom. The first-order valence-corrected chi connectivity index (χ1v) is 11.9. The SMILES string of the molecule is Cn1cc(-c2cc(-c3ccc(N4CCN(C(=O)O)C(C(C)(C)C)C4)nc3)c3c(Cl)cnn3c2)cn1. The first-order chi connectivity index (χ1) is 16.6. The Kier molecular flexibility index (Phi) is 5.67. The predicted molar refractivity (Wildman–Crippen MR) is 136 cm³/mol. The fourth-order valence-electron chi connectivity index (χ4n) is 4.73. The van der Waals surface area contributed by atoms with Gasteiger partial charge in [0.15, 0.2) is 0 Å². The molecule has 10 heteroatoms. The van der Waals surface area contributed by atoms with E-state index in [9.17, 15) is 9.90 Å². The Morgan fingerprint density at radius 1 is 1.06 bits per heavy atom. The molecule has 0 radical (unpaired) electrons. The van der Waals surface area contributed by atoms with Crippen LogP contribution in [0.5, 0.6) is 0 Å². The first kappa shape index (κ1) is 23.2. The molecule has 4 aromatic heterocycles. The second kappa shape index (κ2) is 8.57. The minimum Gasteiger partial charge on any atom is -0.465 e. The van der Waals surface area contributed by atoms with Crippen LogP contribution in [0.3, 0.4) is 0 Å². The highest BCUT2D eigenvalue weighted by atomic mass is 35.5. The fraction of sp³-hybridized carbons (Fsp3) is 0.360. The monoisotopic (exact) mass is 493 g/mol. The molecule has 0 aromatic carbocycles. The summed E-state index contributed by atoms with van der Waals surface area (Å²) in [5.41, 5.74) is 4.43. The van der Waals surface area contributed by atoms with Gasteiger partial charge in [0.2, 0.25) is 0 Å². The molecule has 1 unspecified atom stereocenters. The quantitative estimate of drug-likeness (QED) is 0.446. The lowest BCUT2D eigenvalue weighted by Gasteiger charge is -2.46. The highest BCUT2D eigenvalue weighted by molar-refractivity contribution is 6.34. The van der Waals surface area contributed by atoms with Crippen molar-refractivity contribution in [1.82, 2.24) is 29.3 Å². The number of amides is 1. The predicted octanol–water partition coefficient (Wildman–Crippen LogP) is 4.66. The molecule has 0 saturated carbocycles. The van der Waals surface area contributed by atoms with Crippen LogP contribution in [0.2, 0.25) is 5.02 Å². The van der Waals surface area contributed by atoms with Gasteiger partial charge >= 0.3 is 6.09 Å². The number of pyridine rings is 2. The smallest absolute Gasteiger partial charge is 0.407 e. The average Bonchev–Trinajstić information content (AvgIpc) is 3.43. The average molecular weight is 494 g/mol. The number of halogens is 1. The molecule has 4 aromatic rings. The summed E-state index contributed by atoms with van der Waals surface area (Å²) in [5.74, 6) is 0.826. The third-order valence-electron chi connectivity index (χ3n) is 6.61. The normalized spacial score (nSPS) is 16.8. The number of hydrogen-bond donors (Lipinski definition) is 1. The topological polar surface area (TPSA) is 91.8 Å². The van der Waals surface area contributed by atoms with Crippen LogP contribution in [-0.2, 0) is 7.05 Å². The van der Waals surface area contributed by atoms with Crippen molar-refractivity contribution in [3.8, 4) is 22.3 Å². The van der Waals surface area contributed by atoms with Gasteiger partial charge in [-0.1, -0.05) is 32.4 Å². The standard InChI is InChI=1S/C25H28ClN7O2/c1-25(2,3)21-15-31(7-8-32(21)24(34)35)22-6-5-16(10-27-22)19-9-17(18-11-28-30(4)13-18)14-33-23(19)20(26)12-29-33/h5-6,9-14,21H,7-8,15H2,1-4H3,(H,34,35). The summed E-state index contributed by atoms with van der Waals surface area (Å²) in [6, 6.07) is 5.97. The highest BCUT2D eigenvalue weighted by Gasteiger charge is 2.38. The molecule has 5 rings (SSSR count). The van der Waals surface area contributed by atoms with E-state index in [-0.39, 0.29) is 11.5 Å². The molecule has 5 heterocycles. The van der Waals surface area contributed by atoms with Crippen molar-refractivity contribution in [3.63, 3.8) is 0 Å². The summed E-state index contributed by atoms with van der Waals surface area (Å²) in [4.78, 5) is 20.2. The van der Waals surface area contributed by atoms with Gasteiger partial charge in [0.05, 0.1) is 29.0 Å².